The molecule has 6 nitrogen and oxygen atoms in total. The molecule has 3 heterocycles. The molecule has 0 saturated carbocycles. The average molecular weight is 498 g/mol. The number of benzene rings is 2. The van der Waals surface area contributed by atoms with Crippen LogP contribution in [0.2, 0.25) is 5.02 Å². The number of hydrogen-bond acceptors (Lipinski definition) is 6. The molecule has 168 valence electrons. The summed E-state index contributed by atoms with van der Waals surface area (Å²) < 4.78 is 6.17. The first kappa shape index (κ1) is 22.0. The molecular formula is C24H20ClN3O3S2. The summed E-state index contributed by atoms with van der Waals surface area (Å²) in [5.41, 5.74) is 2.03. The Kier molecular flexibility index (Phi) is 6.16. The van der Waals surface area contributed by atoms with Crippen LogP contribution < -0.4 is 5.32 Å². The van der Waals surface area contributed by atoms with Crippen LogP contribution in [0.4, 0.5) is 5.13 Å². The van der Waals surface area contributed by atoms with E-state index in [0.29, 0.717) is 28.9 Å². The number of thiophene rings is 1. The third-order valence-corrected chi connectivity index (χ3v) is 7.78. The van der Waals surface area contributed by atoms with Gasteiger partial charge in [0.1, 0.15) is 0 Å². The zero-order valence-electron chi connectivity index (χ0n) is 17.7. The molecule has 1 aliphatic rings. The molecule has 2 amide bonds. The van der Waals surface area contributed by atoms with Crippen LogP contribution in [0, 0.1) is 0 Å². The predicted octanol–water partition coefficient (Wildman–Crippen LogP) is 5.58. The summed E-state index contributed by atoms with van der Waals surface area (Å²) in [6.45, 7) is 0.762. The highest BCUT2D eigenvalue weighted by molar-refractivity contribution is 7.22. The molecule has 2 aromatic heterocycles. The van der Waals surface area contributed by atoms with Crippen LogP contribution >= 0.6 is 34.3 Å². The van der Waals surface area contributed by atoms with E-state index < -0.39 is 12.0 Å². The van der Waals surface area contributed by atoms with Crippen LogP contribution in [-0.2, 0) is 9.53 Å². The Hall–Kier alpha value is -2.78. The number of rotatable bonds is 6. The standard InChI is InChI=1S/C24H20ClN3O3S2/c1-31-11-10-28-21(18-7-4-12-32-18)20(15-5-2-3-6-16(15)23(28)30)22(29)27-24-26-17-9-8-14(25)13-19(17)33-24/h2-9,12-13,20-21H,10-11H2,1H3,(H,26,27,29). The number of nitrogens with zero attached hydrogens (tertiary/aromatic N) is 2. The number of aromatic nitrogens is 1. The number of hydrogen-bond donors (Lipinski definition) is 1. The minimum absolute atomic E-state index is 0.0975. The van der Waals surface area contributed by atoms with Gasteiger partial charge in [-0.15, -0.1) is 11.3 Å². The fourth-order valence-electron chi connectivity index (χ4n) is 4.22. The van der Waals surface area contributed by atoms with Gasteiger partial charge in [-0.1, -0.05) is 47.2 Å². The van der Waals surface area contributed by atoms with Crippen molar-refractivity contribution in [3.63, 3.8) is 0 Å². The number of fused-ring (bicyclic) bond motifs is 2. The first-order valence-electron chi connectivity index (χ1n) is 10.4. The quantitative estimate of drug-likeness (QED) is 0.377. The monoisotopic (exact) mass is 497 g/mol. The molecule has 9 heteroatoms. The van der Waals surface area contributed by atoms with Crippen LogP contribution in [0.1, 0.15) is 32.8 Å². The molecule has 0 aliphatic carbocycles. The lowest BCUT2D eigenvalue weighted by Gasteiger charge is -2.41. The van der Waals surface area contributed by atoms with Gasteiger partial charge in [0.2, 0.25) is 5.91 Å². The zero-order chi connectivity index (χ0) is 22.9. The Balaban J connectivity index is 1.57. The van der Waals surface area contributed by atoms with Gasteiger partial charge in [0.15, 0.2) is 5.13 Å². The number of carbonyl (C=O) groups is 2. The average Bonchev–Trinajstić information content (AvgIpc) is 3.47. The van der Waals surface area contributed by atoms with Gasteiger partial charge in [0.25, 0.3) is 5.91 Å². The Bertz CT molecular complexity index is 1320. The Morgan fingerprint density at radius 2 is 2.06 bits per heavy atom. The van der Waals surface area contributed by atoms with Crippen molar-refractivity contribution in [1.82, 2.24) is 9.88 Å². The molecule has 4 aromatic rings. The molecule has 0 saturated heterocycles. The maximum absolute atomic E-state index is 13.8. The zero-order valence-corrected chi connectivity index (χ0v) is 20.0. The Morgan fingerprint density at radius 3 is 2.85 bits per heavy atom. The third kappa shape index (κ3) is 4.15. The van der Waals surface area contributed by atoms with Gasteiger partial charge in [-0.05, 0) is 41.3 Å². The lowest BCUT2D eigenvalue weighted by atomic mass is 9.81. The fourth-order valence-corrected chi connectivity index (χ4v) is 6.24. The van der Waals surface area contributed by atoms with Crippen LogP contribution in [0.3, 0.4) is 0 Å². The normalized spacial score (nSPS) is 17.9. The molecule has 2 aromatic carbocycles. The number of anilines is 1. The van der Waals surface area contributed by atoms with E-state index in [9.17, 15) is 9.59 Å². The first-order valence-corrected chi connectivity index (χ1v) is 12.4. The second-order valence-electron chi connectivity index (χ2n) is 7.64. The van der Waals surface area contributed by atoms with Crippen molar-refractivity contribution in [2.75, 3.05) is 25.6 Å². The third-order valence-electron chi connectivity index (χ3n) is 5.67. The molecule has 33 heavy (non-hydrogen) atoms. The summed E-state index contributed by atoms with van der Waals surface area (Å²) in [5.74, 6) is -0.898. The van der Waals surface area contributed by atoms with Gasteiger partial charge < -0.3 is 15.0 Å². The number of carbonyl (C=O) groups excluding carboxylic acids is 2. The lowest BCUT2D eigenvalue weighted by Crippen LogP contribution is -2.47. The van der Waals surface area contributed by atoms with E-state index in [0.717, 1.165) is 20.7 Å². The highest BCUT2D eigenvalue weighted by atomic mass is 35.5. The first-order chi connectivity index (χ1) is 16.1. The molecule has 0 bridgehead atoms. The van der Waals surface area contributed by atoms with Gasteiger partial charge in [-0.2, -0.15) is 0 Å². The summed E-state index contributed by atoms with van der Waals surface area (Å²) in [4.78, 5) is 34.4. The topological polar surface area (TPSA) is 71.5 Å². The van der Waals surface area contributed by atoms with Crippen molar-refractivity contribution in [2.45, 2.75) is 12.0 Å². The van der Waals surface area contributed by atoms with Crippen LogP contribution in [-0.4, -0.2) is 42.0 Å². The predicted molar refractivity (Wildman–Crippen MR) is 132 cm³/mol. The number of nitrogens with one attached hydrogen (secondary N) is 1. The summed E-state index contributed by atoms with van der Waals surface area (Å²) in [6.07, 6.45) is 0. The van der Waals surface area contributed by atoms with E-state index in [1.54, 1.807) is 24.1 Å². The lowest BCUT2D eigenvalue weighted by molar-refractivity contribution is -0.119. The van der Waals surface area contributed by atoms with Crippen molar-refractivity contribution >= 4 is 61.4 Å². The number of halogens is 1. The van der Waals surface area contributed by atoms with Gasteiger partial charge in [0, 0.05) is 29.1 Å². The van der Waals surface area contributed by atoms with Crippen molar-refractivity contribution in [3.8, 4) is 0 Å². The summed E-state index contributed by atoms with van der Waals surface area (Å²) in [5, 5.41) is 6.09. The van der Waals surface area contributed by atoms with E-state index >= 15 is 0 Å². The molecular weight excluding hydrogens is 478 g/mol. The maximum atomic E-state index is 13.8. The summed E-state index contributed by atoms with van der Waals surface area (Å²) in [7, 11) is 1.60. The van der Waals surface area contributed by atoms with Crippen LogP contribution in [0.25, 0.3) is 10.2 Å². The number of amides is 2. The van der Waals surface area contributed by atoms with Gasteiger partial charge >= 0.3 is 0 Å². The number of methoxy groups -OCH3 is 1. The minimum atomic E-state index is -0.593. The second kappa shape index (κ2) is 9.23. The van der Waals surface area contributed by atoms with E-state index in [2.05, 4.69) is 10.3 Å². The highest BCUT2D eigenvalue weighted by Crippen LogP contribution is 2.44. The summed E-state index contributed by atoms with van der Waals surface area (Å²) >= 11 is 9.01. The van der Waals surface area contributed by atoms with Crippen LogP contribution in [0.5, 0.6) is 0 Å². The maximum Gasteiger partial charge on any atom is 0.254 e. The molecule has 2 unspecified atom stereocenters. The fraction of sp³-hybridized carbons (Fsp3) is 0.208. The van der Waals surface area contributed by atoms with Gasteiger partial charge in [0.05, 0.1) is 28.8 Å². The SMILES string of the molecule is COCCN1C(=O)c2ccccc2C(C(=O)Nc2nc3ccc(Cl)cc3s2)C1c1cccs1. The van der Waals surface area contributed by atoms with Crippen molar-refractivity contribution in [2.24, 2.45) is 0 Å². The van der Waals surface area contributed by atoms with Gasteiger partial charge in [-0.3, -0.25) is 9.59 Å². The molecule has 1 N–H and O–H groups in total. The molecule has 0 fully saturated rings. The van der Waals surface area contributed by atoms with E-state index in [1.807, 2.05) is 47.8 Å². The Morgan fingerprint density at radius 1 is 1.21 bits per heavy atom. The largest absolute Gasteiger partial charge is 0.383 e. The molecule has 5 rings (SSSR count). The van der Waals surface area contributed by atoms with Gasteiger partial charge in [-0.25, -0.2) is 4.98 Å². The Labute approximate surface area is 203 Å². The van der Waals surface area contributed by atoms with E-state index in [-0.39, 0.29) is 11.8 Å². The number of ether oxygens (including phenoxy) is 1. The van der Waals surface area contributed by atoms with Crippen LogP contribution in [0.15, 0.2) is 60.0 Å². The van der Waals surface area contributed by atoms with E-state index in [1.165, 1.54) is 22.7 Å². The number of thiazole rings is 1. The smallest absolute Gasteiger partial charge is 0.254 e. The van der Waals surface area contributed by atoms with E-state index in [4.69, 9.17) is 16.3 Å². The van der Waals surface area contributed by atoms with Crippen molar-refractivity contribution in [1.29, 1.82) is 0 Å². The highest BCUT2D eigenvalue weighted by Gasteiger charge is 2.44. The minimum Gasteiger partial charge on any atom is -0.383 e. The van der Waals surface area contributed by atoms with Crippen molar-refractivity contribution < 1.29 is 14.3 Å². The molecule has 1 aliphatic heterocycles. The summed E-state index contributed by atoms with van der Waals surface area (Å²) in [6, 6.07) is 16.2. The molecule has 2 atom stereocenters. The van der Waals surface area contributed by atoms with Crippen molar-refractivity contribution in [3.05, 3.63) is 81.0 Å². The molecule has 0 spiro atoms. The molecule has 0 radical (unpaired) electrons. The second-order valence-corrected chi connectivity index (χ2v) is 10.1.